The maximum atomic E-state index is 12.8. The molecule has 4 heteroatoms. The number of hydrogen-bond donors (Lipinski definition) is 1. The van der Waals surface area contributed by atoms with Crippen molar-refractivity contribution in [2.75, 3.05) is 10.2 Å². The van der Waals surface area contributed by atoms with Crippen LogP contribution >= 0.6 is 0 Å². The van der Waals surface area contributed by atoms with Crippen LogP contribution in [0.15, 0.2) is 60.9 Å². The largest absolute Gasteiger partial charge is 0.337 e. The predicted octanol–water partition coefficient (Wildman–Crippen LogP) is 5.03. The number of anilines is 3. The molecule has 0 saturated heterocycles. The van der Waals surface area contributed by atoms with E-state index in [-0.39, 0.29) is 5.91 Å². The first-order valence-electron chi connectivity index (χ1n) is 9.23. The fraction of sp³-hybridized carbons (Fsp3) is 0.217. The molecule has 1 aliphatic rings. The van der Waals surface area contributed by atoms with Gasteiger partial charge in [-0.05, 0) is 68.1 Å². The topological polar surface area (TPSA) is 45.2 Å². The van der Waals surface area contributed by atoms with Crippen molar-refractivity contribution in [3.63, 3.8) is 0 Å². The van der Waals surface area contributed by atoms with Gasteiger partial charge in [0.2, 0.25) is 0 Å². The van der Waals surface area contributed by atoms with Crippen LogP contribution in [-0.4, -0.2) is 16.9 Å². The zero-order chi connectivity index (χ0) is 19.0. The van der Waals surface area contributed by atoms with Gasteiger partial charge in [-0.3, -0.25) is 9.78 Å². The van der Waals surface area contributed by atoms with Crippen molar-refractivity contribution in [2.24, 2.45) is 0 Å². The minimum Gasteiger partial charge on any atom is -0.337 e. The predicted molar refractivity (Wildman–Crippen MR) is 110 cm³/mol. The Bertz CT molecular complexity index is 992. The van der Waals surface area contributed by atoms with E-state index in [1.165, 1.54) is 11.3 Å². The van der Waals surface area contributed by atoms with Crippen molar-refractivity contribution in [1.29, 1.82) is 0 Å². The molecule has 4 rings (SSSR count). The van der Waals surface area contributed by atoms with Gasteiger partial charge in [-0.25, -0.2) is 0 Å². The maximum Gasteiger partial charge on any atom is 0.257 e. The van der Waals surface area contributed by atoms with Gasteiger partial charge < -0.3 is 10.2 Å². The summed E-state index contributed by atoms with van der Waals surface area (Å²) in [4.78, 5) is 19.4. The molecule has 1 amide bonds. The van der Waals surface area contributed by atoms with Crippen molar-refractivity contribution in [2.45, 2.75) is 33.2 Å². The molecule has 1 unspecified atom stereocenters. The molecule has 0 fully saturated rings. The number of hydrogen-bond acceptors (Lipinski definition) is 3. The lowest BCUT2D eigenvalue weighted by atomic mass is 10.1. The van der Waals surface area contributed by atoms with E-state index in [9.17, 15) is 4.79 Å². The number of aromatic nitrogens is 1. The molecule has 0 aliphatic carbocycles. The third-order valence-corrected chi connectivity index (χ3v) is 4.95. The van der Waals surface area contributed by atoms with Gasteiger partial charge in [0, 0.05) is 23.6 Å². The molecule has 1 aliphatic heterocycles. The van der Waals surface area contributed by atoms with Gasteiger partial charge in [-0.15, -0.1) is 0 Å². The lowest BCUT2D eigenvalue weighted by Gasteiger charge is -2.25. The highest BCUT2D eigenvalue weighted by molar-refractivity contribution is 6.04. The maximum absolute atomic E-state index is 12.8. The highest BCUT2D eigenvalue weighted by Crippen LogP contribution is 2.37. The molecule has 0 saturated carbocycles. The first kappa shape index (κ1) is 17.3. The molecule has 0 bridgehead atoms. The minimum atomic E-state index is -0.144. The Labute approximate surface area is 159 Å². The third kappa shape index (κ3) is 3.43. The van der Waals surface area contributed by atoms with E-state index in [0.717, 1.165) is 28.9 Å². The molecule has 1 N–H and O–H groups in total. The van der Waals surface area contributed by atoms with Crippen LogP contribution in [0.4, 0.5) is 17.1 Å². The number of benzene rings is 2. The number of aryl methyl sites for hydroxylation is 2. The molecule has 1 atom stereocenters. The number of carbonyl (C=O) groups is 1. The number of nitrogens with zero attached hydrogens (tertiary/aromatic N) is 2. The Hall–Kier alpha value is -3.14. The molecular weight excluding hydrogens is 334 g/mol. The fourth-order valence-electron chi connectivity index (χ4n) is 3.89. The number of nitrogens with one attached hydrogen (secondary N) is 1. The summed E-state index contributed by atoms with van der Waals surface area (Å²) in [6.07, 6.45) is 4.44. The van der Waals surface area contributed by atoms with Crippen molar-refractivity contribution in [1.82, 2.24) is 4.98 Å². The van der Waals surface area contributed by atoms with Crippen molar-refractivity contribution in [3.8, 4) is 0 Å². The number of pyridine rings is 1. The fourth-order valence-corrected chi connectivity index (χ4v) is 3.89. The molecule has 2 aromatic carbocycles. The lowest BCUT2D eigenvalue weighted by molar-refractivity contribution is 0.102. The van der Waals surface area contributed by atoms with Crippen LogP contribution in [-0.2, 0) is 6.42 Å². The Kier molecular flexibility index (Phi) is 4.40. The molecule has 2 heterocycles. The number of rotatable bonds is 3. The average molecular weight is 357 g/mol. The second-order valence-electron chi connectivity index (χ2n) is 7.31. The number of carbonyl (C=O) groups excluding carboxylic acids is 1. The summed E-state index contributed by atoms with van der Waals surface area (Å²) in [6.45, 7) is 6.25. The molecule has 136 valence electrons. The Balaban J connectivity index is 1.62. The molecule has 0 spiro atoms. The van der Waals surface area contributed by atoms with Crippen LogP contribution < -0.4 is 10.2 Å². The lowest BCUT2D eigenvalue weighted by Crippen LogP contribution is -2.24. The highest BCUT2D eigenvalue weighted by atomic mass is 16.1. The quantitative estimate of drug-likeness (QED) is 0.715. The Morgan fingerprint density at radius 3 is 2.59 bits per heavy atom. The standard InChI is InChI=1S/C23H23N3O/c1-15-8-16(2)10-20(9-15)25-23(27)19-12-21(14-24-13-19)26-17(3)11-18-6-4-5-7-22(18)26/h4-10,12-14,17H,11H2,1-3H3,(H,25,27). The van der Waals surface area contributed by atoms with E-state index in [1.54, 1.807) is 6.20 Å². The van der Waals surface area contributed by atoms with Gasteiger partial charge >= 0.3 is 0 Å². The van der Waals surface area contributed by atoms with E-state index < -0.39 is 0 Å². The third-order valence-electron chi connectivity index (χ3n) is 4.95. The van der Waals surface area contributed by atoms with Crippen molar-refractivity contribution >= 4 is 23.0 Å². The van der Waals surface area contributed by atoms with Crippen LogP contribution in [0, 0.1) is 13.8 Å². The van der Waals surface area contributed by atoms with Crippen LogP contribution in [0.25, 0.3) is 0 Å². The van der Waals surface area contributed by atoms with Crippen LogP contribution in [0.2, 0.25) is 0 Å². The van der Waals surface area contributed by atoms with Crippen molar-refractivity contribution < 1.29 is 4.79 Å². The molecule has 3 aromatic rings. The van der Waals surface area contributed by atoms with Gasteiger partial charge in [0.25, 0.3) is 5.91 Å². The van der Waals surface area contributed by atoms with Crippen LogP contribution in [0.3, 0.4) is 0 Å². The molecule has 4 nitrogen and oxygen atoms in total. The average Bonchev–Trinajstić information content (AvgIpc) is 2.96. The minimum absolute atomic E-state index is 0.144. The van der Waals surface area contributed by atoms with Gasteiger partial charge in [0.1, 0.15) is 0 Å². The van der Waals surface area contributed by atoms with Crippen LogP contribution in [0.5, 0.6) is 0 Å². The van der Waals surface area contributed by atoms with E-state index in [1.807, 2.05) is 44.3 Å². The summed E-state index contributed by atoms with van der Waals surface area (Å²) >= 11 is 0. The SMILES string of the molecule is Cc1cc(C)cc(NC(=O)c2cncc(N3c4ccccc4CC3C)c2)c1. The first-order valence-corrected chi connectivity index (χ1v) is 9.23. The smallest absolute Gasteiger partial charge is 0.257 e. The summed E-state index contributed by atoms with van der Waals surface area (Å²) < 4.78 is 0. The zero-order valence-corrected chi connectivity index (χ0v) is 15.9. The van der Waals surface area contributed by atoms with Gasteiger partial charge in [0.05, 0.1) is 17.4 Å². The Morgan fingerprint density at radius 1 is 1.07 bits per heavy atom. The second kappa shape index (κ2) is 6.88. The van der Waals surface area contributed by atoms with E-state index >= 15 is 0 Å². The van der Waals surface area contributed by atoms with Gasteiger partial charge in [0.15, 0.2) is 0 Å². The molecule has 1 aromatic heterocycles. The molecular formula is C23H23N3O. The number of para-hydroxylation sites is 1. The summed E-state index contributed by atoms with van der Waals surface area (Å²) in [6, 6.07) is 16.7. The monoisotopic (exact) mass is 357 g/mol. The van der Waals surface area contributed by atoms with Crippen LogP contribution in [0.1, 0.15) is 34.0 Å². The summed E-state index contributed by atoms with van der Waals surface area (Å²) in [7, 11) is 0. The highest BCUT2D eigenvalue weighted by Gasteiger charge is 2.27. The van der Waals surface area contributed by atoms with E-state index in [2.05, 4.69) is 46.4 Å². The zero-order valence-electron chi connectivity index (χ0n) is 15.9. The van der Waals surface area contributed by atoms with E-state index in [0.29, 0.717) is 11.6 Å². The number of amides is 1. The summed E-state index contributed by atoms with van der Waals surface area (Å²) in [5, 5.41) is 2.99. The molecule has 27 heavy (non-hydrogen) atoms. The summed E-state index contributed by atoms with van der Waals surface area (Å²) in [5.74, 6) is -0.144. The molecule has 0 radical (unpaired) electrons. The van der Waals surface area contributed by atoms with Crippen molar-refractivity contribution in [3.05, 3.63) is 83.2 Å². The first-order chi connectivity index (χ1) is 13.0. The van der Waals surface area contributed by atoms with Gasteiger partial charge in [-0.1, -0.05) is 24.3 Å². The Morgan fingerprint density at radius 2 is 1.81 bits per heavy atom. The second-order valence-corrected chi connectivity index (χ2v) is 7.31. The van der Waals surface area contributed by atoms with E-state index in [4.69, 9.17) is 0 Å². The van der Waals surface area contributed by atoms with Gasteiger partial charge in [-0.2, -0.15) is 0 Å². The summed E-state index contributed by atoms with van der Waals surface area (Å²) in [5.41, 5.74) is 7.08. The normalized spacial score (nSPS) is 15.5. The number of fused-ring (bicyclic) bond motifs is 1.